The molecule has 10 atom stereocenters. The highest BCUT2D eigenvalue weighted by Gasteiger charge is 2.39. The molecule has 5 amide bonds. The Balaban J connectivity index is 0.000000184. The molecular formula is C80H100N30O5. The average molecular weight is 1600 g/mol. The molecule has 15 rings (SSSR count). The molecule has 0 radical (unpaired) electrons. The Morgan fingerprint density at radius 2 is 0.643 bits per heavy atom. The normalized spacial score (nSPS) is 32.4. The summed E-state index contributed by atoms with van der Waals surface area (Å²) in [6, 6.07) is -3.35. The van der Waals surface area contributed by atoms with Gasteiger partial charge in [0.1, 0.15) is 103 Å². The maximum Gasteiger partial charge on any atom is 0.302 e. The molecule has 10 aromatic heterocycles. The fourth-order valence-corrected chi connectivity index (χ4v) is 12.8. The van der Waals surface area contributed by atoms with Gasteiger partial charge in [0.05, 0.1) is 62.5 Å². The van der Waals surface area contributed by atoms with Gasteiger partial charge in [0.2, 0.25) is 0 Å². The third kappa shape index (κ3) is 19.2. The molecule has 5 saturated heterocycles. The smallest absolute Gasteiger partial charge is 0.302 e. The van der Waals surface area contributed by atoms with Gasteiger partial charge in [-0.25, -0.2) is 82.7 Å². The number of carbonyl (C=O) groups excluding carboxylic acids is 5. The number of fused-ring (bicyclic) bond motifs is 5. The number of anilines is 5. The first-order valence-electron chi connectivity index (χ1n) is 55.2. The van der Waals surface area contributed by atoms with E-state index in [1.165, 1.54) is 56.2 Å². The first-order valence-corrected chi connectivity index (χ1v) is 34.7. The molecule has 5 aliphatic heterocycles. The zero-order valence-corrected chi connectivity index (χ0v) is 61.2. The van der Waals surface area contributed by atoms with E-state index in [9.17, 15) is 24.0 Å². The molecule has 0 unspecified atom stereocenters. The molecule has 35 nitrogen and oxygen atoms in total. The third-order valence-electron chi connectivity index (χ3n) is 18.9. The van der Waals surface area contributed by atoms with Gasteiger partial charge in [-0.1, -0.05) is 34.4 Å². The van der Waals surface area contributed by atoms with Gasteiger partial charge in [-0.3, -0.25) is 24.0 Å². The molecule has 5 aliphatic rings. The summed E-state index contributed by atoms with van der Waals surface area (Å²) in [7, 11) is 0. The quantitative estimate of drug-likeness (QED) is 0.0612. The number of hydrogen-bond donors (Lipinski definition) is 5. The SMILES string of the molecule is [2H]C([2H])([N+]#[C-])C(=O)N1CC[C@@H](C([2H])([2H])[2H])[C@@]([2H])(N(c2ncnc3[nH]ccc23)C([2H])([2H])[2H])C1.[2H]C([2H])([N+]#[C-])C(=O)N1CC[C@@H](C)[C@@]([2H])(N(c2ncnc3[nH]ccc23)C([2H])([2H])[2H])C1.[2H]C([2H])([N+]#[C-])C(=O)N1CC[C@@]([2H])(C([2H])([2H])[2H])[C@@H](N(c2ncnc3[nH]ccc23)C([2H])([2H])[2H])C1.[2H]C([2H])([N+]#[C-])C(=O)N1CC[C@@]([2H])(C([2H])([2H])[2H])[C@@]([2H])(N(c2ncnc3[nH]ccc23)C([2H])([2H])[2H])C1.[2H]C([2H])([N+]#[C-])C(=O)N1CC[C@@]([2H])(C)[C@@]([2H])(N(c2ncnc3[nH]ccc23)C([2H])([2H])[2H])C1. The molecule has 0 aromatic carbocycles. The number of likely N-dealkylation sites (tertiary alicyclic amines) is 5. The minimum Gasteiger partial charge on any atom is -0.354 e. The van der Waals surface area contributed by atoms with Crippen LogP contribution in [-0.4, -0.2) is 292 Å². The van der Waals surface area contributed by atoms with Crippen LogP contribution in [-0.2, 0) is 24.0 Å². The predicted octanol–water partition coefficient (Wildman–Crippen LogP) is 7.75. The highest BCUT2D eigenvalue weighted by atomic mass is 16.2. The Labute approximate surface area is 726 Å². The van der Waals surface area contributed by atoms with Gasteiger partial charge >= 0.3 is 29.5 Å². The van der Waals surface area contributed by atoms with Gasteiger partial charge in [-0.05, 0) is 92.0 Å². The predicted molar refractivity (Wildman–Crippen MR) is 440 cm³/mol. The number of aromatic nitrogens is 15. The number of nitrogens with one attached hydrogen (secondary N) is 5. The summed E-state index contributed by atoms with van der Waals surface area (Å²) >= 11 is 0. The van der Waals surface area contributed by atoms with E-state index in [0.717, 1.165) is 64.5 Å². The summed E-state index contributed by atoms with van der Waals surface area (Å²) in [4.78, 5) is 138. The molecule has 5 N–H and O–H groups in total. The van der Waals surface area contributed by atoms with Gasteiger partial charge in [-0.2, -0.15) is 0 Å². The van der Waals surface area contributed by atoms with Gasteiger partial charge in [-0.15, -0.1) is 0 Å². The van der Waals surface area contributed by atoms with Crippen molar-refractivity contribution in [2.75, 3.05) is 157 Å². The highest BCUT2D eigenvalue weighted by Crippen LogP contribution is 2.35. The number of likely N-dealkylation sites (N-methyl/N-ethyl adjacent to an activating group) is 5. The number of carbonyl (C=O) groups is 5. The zero-order valence-electron chi connectivity index (χ0n) is 102. The lowest BCUT2D eigenvalue weighted by atomic mass is 9.92. The van der Waals surface area contributed by atoms with Crippen LogP contribution < -0.4 is 24.5 Å². The van der Waals surface area contributed by atoms with Crippen LogP contribution in [0.15, 0.2) is 93.0 Å². The molecular weight excluding hydrogens is 1460 g/mol. The second-order valence-electron chi connectivity index (χ2n) is 25.6. The first-order chi connectivity index (χ1) is 71.4. The summed E-state index contributed by atoms with van der Waals surface area (Å²) in [5, 5.41) is 1.40. The maximum atomic E-state index is 12.6. The van der Waals surface area contributed by atoms with E-state index < -0.39 is 223 Å². The van der Waals surface area contributed by atoms with E-state index in [-0.39, 0.29) is 109 Å². The topological polar surface area (TPSA) is 347 Å². The minimum atomic E-state index is -3.19. The Kier molecular flexibility index (Phi) is 14.8. The second kappa shape index (κ2) is 38.4. The van der Waals surface area contributed by atoms with E-state index in [1.807, 2.05) is 0 Å². The Morgan fingerprint density at radius 1 is 0.374 bits per heavy atom. The van der Waals surface area contributed by atoms with Crippen molar-refractivity contribution in [2.24, 2.45) is 29.5 Å². The number of nitrogens with zero attached hydrogens (tertiary/aromatic N) is 25. The number of piperidine rings is 5. The zero-order chi connectivity index (χ0) is 117. The Bertz CT molecular complexity index is 7130. The van der Waals surface area contributed by atoms with E-state index in [0.29, 0.717) is 37.5 Å². The number of amides is 5. The Morgan fingerprint density at radius 3 is 0.965 bits per heavy atom. The molecule has 600 valence electrons. The molecule has 0 saturated carbocycles. The van der Waals surface area contributed by atoms with Crippen LogP contribution in [0.5, 0.6) is 0 Å². The van der Waals surface area contributed by atoms with E-state index in [2.05, 4.69) is 99.0 Å². The van der Waals surface area contributed by atoms with Crippen LogP contribution >= 0.6 is 0 Å². The van der Waals surface area contributed by atoms with Crippen molar-refractivity contribution in [2.45, 2.75) is 96.6 Å². The fraction of sp³-hybridized carbons (Fsp3) is 0.500. The van der Waals surface area contributed by atoms with Crippen molar-refractivity contribution >= 4 is 114 Å². The lowest BCUT2D eigenvalue weighted by Gasteiger charge is -2.41. The van der Waals surface area contributed by atoms with Crippen molar-refractivity contribution in [3.8, 4) is 0 Å². The van der Waals surface area contributed by atoms with Gasteiger partial charge < -0.3 is 98.1 Å². The van der Waals surface area contributed by atoms with Crippen molar-refractivity contribution < 1.29 is 80.2 Å². The van der Waals surface area contributed by atoms with Crippen molar-refractivity contribution in [3.05, 3.63) is 150 Å². The largest absolute Gasteiger partial charge is 0.354 e. The van der Waals surface area contributed by atoms with Crippen LogP contribution in [0, 0.1) is 62.4 Å². The molecule has 0 bridgehead atoms. The van der Waals surface area contributed by atoms with Crippen LogP contribution in [0.3, 0.4) is 0 Å². The lowest BCUT2D eigenvalue weighted by Crippen LogP contribution is -2.53. The molecule has 15 heterocycles. The molecule has 0 aliphatic carbocycles. The van der Waals surface area contributed by atoms with Crippen LogP contribution in [0.2, 0.25) is 0 Å². The summed E-state index contributed by atoms with van der Waals surface area (Å²) < 4.78 is 332. The standard InChI is InChI=1S/5C16H20N6O/c5*1-11-5-7-22(14(23)8-17-2)9-13(11)21(3)16-12-4-6-18-15(12)19-10-20-16/h5*4,6,10-11,13H,5,7-9H2,1,3H3,(H,18,19,20)/t5*11-,13+/m11111/s1/i1D3,3D3,8D2,11D,13D;3D3,8D2,11D,13D;1D3,3D3,8D2,13D;1D3,3D3,8D2,11D;3D3,8D2,13D. The van der Waals surface area contributed by atoms with E-state index in [4.69, 9.17) is 89.1 Å². The van der Waals surface area contributed by atoms with E-state index >= 15 is 0 Å². The monoisotopic (exact) mass is 1600 g/mol. The summed E-state index contributed by atoms with van der Waals surface area (Å²) in [5.74, 6) is -15.5. The van der Waals surface area contributed by atoms with Crippen LogP contribution in [0.1, 0.15) is 123 Å². The summed E-state index contributed by atoms with van der Waals surface area (Å²) in [6.07, 6.45) is 11.8. The number of hydrogen-bond acceptors (Lipinski definition) is 20. The fourth-order valence-electron chi connectivity index (χ4n) is 12.8. The second-order valence-corrected chi connectivity index (χ2v) is 25.6. The van der Waals surface area contributed by atoms with Crippen molar-refractivity contribution in [3.63, 3.8) is 0 Å². The highest BCUT2D eigenvalue weighted by molar-refractivity contribution is 5.91. The molecule has 35 heteroatoms. The molecule has 0 spiro atoms. The van der Waals surface area contributed by atoms with Crippen LogP contribution in [0.25, 0.3) is 79.4 Å². The van der Waals surface area contributed by atoms with Gasteiger partial charge in [0, 0.05) is 168 Å². The van der Waals surface area contributed by atoms with E-state index in [1.54, 1.807) is 25.3 Å². The van der Waals surface area contributed by atoms with Crippen LogP contribution in [0.4, 0.5) is 29.1 Å². The lowest BCUT2D eigenvalue weighted by molar-refractivity contribution is -0.131. The van der Waals surface area contributed by atoms with Crippen molar-refractivity contribution in [1.82, 2.24) is 99.3 Å². The third-order valence-corrected chi connectivity index (χ3v) is 18.9. The first kappa shape index (κ1) is 44.4. The average Bonchev–Trinajstić information content (AvgIpc) is 0.840. The van der Waals surface area contributed by atoms with Gasteiger partial charge in [0.25, 0.3) is 32.5 Å². The summed E-state index contributed by atoms with van der Waals surface area (Å²) in [6.45, 7) is -4.66. The number of H-pyrrole nitrogens is 5. The van der Waals surface area contributed by atoms with Gasteiger partial charge in [0.15, 0.2) is 0 Å². The Hall–Kier alpha value is -13.1. The van der Waals surface area contributed by atoms with Crippen molar-refractivity contribution in [1.29, 1.82) is 0 Å². The molecule has 10 aromatic rings. The number of rotatable bonds is 15. The molecule has 115 heavy (non-hydrogen) atoms. The minimum absolute atomic E-state index is 0.0283. The molecule has 5 fully saturated rings. The number of aromatic amines is 5. The maximum absolute atomic E-state index is 12.6. The summed E-state index contributed by atoms with van der Waals surface area (Å²) in [5.41, 5.74) is 1.52.